The molecule has 20 heavy (non-hydrogen) atoms. The predicted octanol–water partition coefficient (Wildman–Crippen LogP) is 3.29. The van der Waals surface area contributed by atoms with Gasteiger partial charge in [0.1, 0.15) is 0 Å². The van der Waals surface area contributed by atoms with E-state index in [1.807, 2.05) is 12.1 Å². The smallest absolute Gasteiger partial charge is 0.238 e. The van der Waals surface area contributed by atoms with Gasteiger partial charge in [0.15, 0.2) is 5.76 Å². The van der Waals surface area contributed by atoms with Crippen LogP contribution < -0.4 is 5.32 Å². The Balaban J connectivity index is 1.99. The lowest BCUT2D eigenvalue weighted by molar-refractivity contribution is 0.337. The maximum atomic E-state index is 5.32. The van der Waals surface area contributed by atoms with Gasteiger partial charge in [-0.05, 0) is 37.4 Å². The third-order valence-corrected chi connectivity index (χ3v) is 3.07. The first-order valence-electron chi connectivity index (χ1n) is 7.29. The van der Waals surface area contributed by atoms with Crippen molar-refractivity contribution < 1.29 is 8.94 Å². The summed E-state index contributed by atoms with van der Waals surface area (Å²) in [7, 11) is 0. The van der Waals surface area contributed by atoms with E-state index in [9.17, 15) is 0 Å². The normalized spacial score (nSPS) is 13.0. The highest BCUT2D eigenvalue weighted by Crippen LogP contribution is 2.17. The highest BCUT2D eigenvalue weighted by atomic mass is 16.5. The number of furan rings is 1. The van der Waals surface area contributed by atoms with Crippen molar-refractivity contribution >= 4 is 0 Å². The number of hydrogen-bond donors (Lipinski definition) is 1. The summed E-state index contributed by atoms with van der Waals surface area (Å²) in [4.78, 5) is 4.40. The Kier molecular flexibility index (Phi) is 5.35. The van der Waals surface area contributed by atoms with Crippen molar-refractivity contribution in [2.24, 2.45) is 5.92 Å². The molecule has 1 N–H and O–H groups in total. The number of hydrogen-bond acceptors (Lipinski definition) is 5. The van der Waals surface area contributed by atoms with Crippen molar-refractivity contribution in [3.05, 3.63) is 24.3 Å². The van der Waals surface area contributed by atoms with Gasteiger partial charge in [0, 0.05) is 12.5 Å². The van der Waals surface area contributed by atoms with Gasteiger partial charge in [-0.2, -0.15) is 4.98 Å². The Hall–Kier alpha value is -1.62. The standard InChI is InChI=1S/C15H23N3O2/c1-4-7-16-12(9-11(2)3)10-14-17-15(18-20-14)13-6-5-8-19-13/h5-6,8,11-12,16H,4,7,9-10H2,1-3H3. The molecule has 110 valence electrons. The Morgan fingerprint density at radius 2 is 2.20 bits per heavy atom. The van der Waals surface area contributed by atoms with Crippen molar-refractivity contribution in [1.29, 1.82) is 0 Å². The summed E-state index contributed by atoms with van der Waals surface area (Å²) < 4.78 is 10.6. The monoisotopic (exact) mass is 277 g/mol. The molecule has 0 spiro atoms. The van der Waals surface area contributed by atoms with Crippen LogP contribution in [0.1, 0.15) is 39.5 Å². The van der Waals surface area contributed by atoms with Crippen LogP contribution in [0.25, 0.3) is 11.6 Å². The fourth-order valence-corrected chi connectivity index (χ4v) is 2.21. The van der Waals surface area contributed by atoms with Crippen molar-refractivity contribution in [2.75, 3.05) is 6.54 Å². The van der Waals surface area contributed by atoms with Gasteiger partial charge < -0.3 is 14.3 Å². The molecule has 2 heterocycles. The largest absolute Gasteiger partial charge is 0.461 e. The number of nitrogens with zero attached hydrogens (tertiary/aromatic N) is 2. The molecule has 0 bridgehead atoms. The van der Waals surface area contributed by atoms with Crippen molar-refractivity contribution in [3.63, 3.8) is 0 Å². The highest BCUT2D eigenvalue weighted by Gasteiger charge is 2.17. The van der Waals surface area contributed by atoms with Crippen molar-refractivity contribution in [3.8, 4) is 11.6 Å². The average molecular weight is 277 g/mol. The Morgan fingerprint density at radius 3 is 2.85 bits per heavy atom. The van der Waals surface area contributed by atoms with Gasteiger partial charge in [0.05, 0.1) is 6.26 Å². The molecule has 0 fully saturated rings. The van der Waals surface area contributed by atoms with E-state index >= 15 is 0 Å². The van der Waals surface area contributed by atoms with Crippen molar-refractivity contribution in [2.45, 2.75) is 46.1 Å². The molecule has 2 aromatic heterocycles. The molecule has 1 atom stereocenters. The van der Waals surface area contributed by atoms with Crippen LogP contribution in [0.2, 0.25) is 0 Å². The molecular weight excluding hydrogens is 254 g/mol. The minimum Gasteiger partial charge on any atom is -0.461 e. The SMILES string of the molecule is CCCNC(Cc1nc(-c2ccco2)no1)CC(C)C. The van der Waals surface area contributed by atoms with Gasteiger partial charge in [0.2, 0.25) is 11.7 Å². The molecule has 5 heteroatoms. The van der Waals surface area contributed by atoms with Crippen LogP contribution in [0.15, 0.2) is 27.3 Å². The molecule has 0 aliphatic heterocycles. The predicted molar refractivity (Wildman–Crippen MR) is 77.2 cm³/mol. The molecule has 0 aliphatic carbocycles. The fraction of sp³-hybridized carbons (Fsp3) is 0.600. The molecule has 5 nitrogen and oxygen atoms in total. The van der Waals surface area contributed by atoms with Crippen molar-refractivity contribution in [1.82, 2.24) is 15.5 Å². The van der Waals surface area contributed by atoms with E-state index in [1.165, 1.54) is 0 Å². The van der Waals surface area contributed by atoms with Gasteiger partial charge in [-0.1, -0.05) is 25.9 Å². The first kappa shape index (κ1) is 14.8. The van der Waals surface area contributed by atoms with Gasteiger partial charge >= 0.3 is 0 Å². The Labute approximate surface area is 119 Å². The molecule has 0 saturated heterocycles. The minimum absolute atomic E-state index is 0.375. The molecule has 2 aromatic rings. The summed E-state index contributed by atoms with van der Waals surface area (Å²) in [5.41, 5.74) is 0. The lowest BCUT2D eigenvalue weighted by Crippen LogP contribution is -2.33. The first-order valence-corrected chi connectivity index (χ1v) is 7.29. The summed E-state index contributed by atoms with van der Waals surface area (Å²) in [5, 5.41) is 7.51. The van der Waals surface area contributed by atoms with Crippen LogP contribution in [-0.2, 0) is 6.42 Å². The molecule has 1 unspecified atom stereocenters. The van der Waals surface area contributed by atoms with Gasteiger partial charge in [0.25, 0.3) is 0 Å². The number of rotatable bonds is 8. The first-order chi connectivity index (χ1) is 9.69. The van der Waals surface area contributed by atoms with Crippen LogP contribution >= 0.6 is 0 Å². The van der Waals surface area contributed by atoms with Crippen LogP contribution in [0.4, 0.5) is 0 Å². The van der Waals surface area contributed by atoms with E-state index in [4.69, 9.17) is 8.94 Å². The van der Waals surface area contributed by atoms with E-state index in [2.05, 4.69) is 36.2 Å². The van der Waals surface area contributed by atoms with E-state index < -0.39 is 0 Å². The third kappa shape index (κ3) is 4.20. The molecule has 0 aromatic carbocycles. The van der Waals surface area contributed by atoms with Crippen LogP contribution in [-0.4, -0.2) is 22.7 Å². The highest BCUT2D eigenvalue weighted by molar-refractivity contribution is 5.44. The summed E-state index contributed by atoms with van der Waals surface area (Å²) in [6.07, 6.45) is 4.58. The second kappa shape index (κ2) is 7.24. The lowest BCUT2D eigenvalue weighted by Gasteiger charge is -2.18. The van der Waals surface area contributed by atoms with Crippen LogP contribution in [0.5, 0.6) is 0 Å². The van der Waals surface area contributed by atoms with Gasteiger partial charge in [-0.25, -0.2) is 0 Å². The summed E-state index contributed by atoms with van der Waals surface area (Å²) in [6.45, 7) is 7.63. The zero-order chi connectivity index (χ0) is 14.4. The zero-order valence-corrected chi connectivity index (χ0v) is 12.4. The lowest BCUT2D eigenvalue weighted by atomic mass is 10.0. The Bertz CT molecular complexity index is 491. The quantitative estimate of drug-likeness (QED) is 0.802. The molecule has 2 rings (SSSR count). The fourth-order valence-electron chi connectivity index (χ4n) is 2.21. The molecule has 0 aliphatic rings. The van der Waals surface area contributed by atoms with Crippen LogP contribution in [0, 0.1) is 5.92 Å². The number of nitrogens with one attached hydrogen (secondary N) is 1. The van der Waals surface area contributed by atoms with E-state index in [-0.39, 0.29) is 0 Å². The maximum Gasteiger partial charge on any atom is 0.238 e. The summed E-state index contributed by atoms with van der Waals surface area (Å²) in [5.74, 6) is 2.45. The van der Waals surface area contributed by atoms with Crippen LogP contribution in [0.3, 0.4) is 0 Å². The van der Waals surface area contributed by atoms with Gasteiger partial charge in [-0.3, -0.25) is 0 Å². The molecule has 0 saturated carbocycles. The average Bonchev–Trinajstić information content (AvgIpc) is 3.05. The second-order valence-electron chi connectivity index (χ2n) is 5.47. The third-order valence-electron chi connectivity index (χ3n) is 3.07. The molecular formula is C15H23N3O2. The summed E-state index contributed by atoms with van der Waals surface area (Å²) in [6, 6.07) is 4.02. The Morgan fingerprint density at radius 1 is 1.35 bits per heavy atom. The summed E-state index contributed by atoms with van der Waals surface area (Å²) >= 11 is 0. The van der Waals surface area contributed by atoms with Gasteiger partial charge in [-0.15, -0.1) is 0 Å². The topological polar surface area (TPSA) is 64.1 Å². The van der Waals surface area contributed by atoms with E-state index in [0.717, 1.165) is 25.8 Å². The second-order valence-corrected chi connectivity index (χ2v) is 5.47. The molecule has 0 amide bonds. The molecule has 0 radical (unpaired) electrons. The maximum absolute atomic E-state index is 5.32. The van der Waals surface area contributed by atoms with E-state index in [1.54, 1.807) is 6.26 Å². The minimum atomic E-state index is 0.375. The number of aromatic nitrogens is 2. The van der Waals surface area contributed by atoms with E-state index in [0.29, 0.717) is 29.4 Å². The zero-order valence-electron chi connectivity index (χ0n) is 12.4.